The van der Waals surface area contributed by atoms with Crippen molar-refractivity contribution in [3.05, 3.63) is 55.6 Å². The summed E-state index contributed by atoms with van der Waals surface area (Å²) in [5, 5.41) is 1.32. The van der Waals surface area contributed by atoms with E-state index < -0.39 is 0 Å². The molecule has 0 radical (unpaired) electrons. The maximum Gasteiger partial charge on any atom is 0.0670 e. The summed E-state index contributed by atoms with van der Waals surface area (Å²) in [7, 11) is 0. The fraction of sp³-hybridized carbons (Fsp3) is 0.429. The molecule has 2 aromatic rings. The van der Waals surface area contributed by atoms with Gasteiger partial charge in [-0.25, -0.2) is 0 Å². The molecule has 2 aromatic carbocycles. The van der Waals surface area contributed by atoms with Gasteiger partial charge in [0.05, 0.1) is 21.4 Å². The van der Waals surface area contributed by atoms with Gasteiger partial charge < -0.3 is 11.5 Å². The zero-order valence-corrected chi connectivity index (χ0v) is 17.1. The van der Waals surface area contributed by atoms with Crippen molar-refractivity contribution >= 4 is 34.6 Å². The molecular formula is C21H28Cl2N2. The van der Waals surface area contributed by atoms with Gasteiger partial charge in [0.15, 0.2) is 0 Å². The van der Waals surface area contributed by atoms with Gasteiger partial charge in [-0.1, -0.05) is 62.0 Å². The van der Waals surface area contributed by atoms with Crippen molar-refractivity contribution in [2.75, 3.05) is 11.5 Å². The number of benzene rings is 2. The van der Waals surface area contributed by atoms with Gasteiger partial charge in [0.1, 0.15) is 0 Å². The van der Waals surface area contributed by atoms with Gasteiger partial charge in [0.2, 0.25) is 0 Å². The van der Waals surface area contributed by atoms with Crippen molar-refractivity contribution in [1.82, 2.24) is 0 Å². The van der Waals surface area contributed by atoms with E-state index in [-0.39, 0.29) is 0 Å². The number of hydrogen-bond donors (Lipinski definition) is 2. The lowest BCUT2D eigenvalue weighted by molar-refractivity contribution is 0.905. The quantitative estimate of drug-likeness (QED) is 0.581. The van der Waals surface area contributed by atoms with E-state index in [4.69, 9.17) is 34.7 Å². The summed E-state index contributed by atoms with van der Waals surface area (Å²) in [5.41, 5.74) is 20.6. The number of hydrogen-bond acceptors (Lipinski definition) is 2. The Morgan fingerprint density at radius 1 is 0.720 bits per heavy atom. The van der Waals surface area contributed by atoms with Gasteiger partial charge in [0, 0.05) is 6.42 Å². The van der Waals surface area contributed by atoms with Gasteiger partial charge in [-0.15, -0.1) is 0 Å². The molecule has 0 heterocycles. The lowest BCUT2D eigenvalue weighted by Crippen LogP contribution is -2.06. The van der Waals surface area contributed by atoms with Gasteiger partial charge in [-0.3, -0.25) is 0 Å². The highest BCUT2D eigenvalue weighted by atomic mass is 35.5. The van der Waals surface area contributed by atoms with Crippen molar-refractivity contribution in [3.63, 3.8) is 0 Å². The van der Waals surface area contributed by atoms with Gasteiger partial charge in [-0.2, -0.15) is 0 Å². The van der Waals surface area contributed by atoms with Gasteiger partial charge >= 0.3 is 0 Å². The summed E-state index contributed by atoms with van der Waals surface area (Å²) in [6.07, 6.45) is 4.76. The molecular weight excluding hydrogens is 351 g/mol. The molecule has 4 heteroatoms. The summed E-state index contributed by atoms with van der Waals surface area (Å²) in [6, 6.07) is 4.35. The van der Waals surface area contributed by atoms with Crippen LogP contribution in [0, 0.1) is 13.8 Å². The first-order valence-corrected chi connectivity index (χ1v) is 9.69. The van der Waals surface area contributed by atoms with Crippen LogP contribution in [0.4, 0.5) is 11.4 Å². The first-order valence-electron chi connectivity index (χ1n) is 8.94. The maximum atomic E-state index is 6.48. The molecule has 25 heavy (non-hydrogen) atoms. The van der Waals surface area contributed by atoms with Crippen molar-refractivity contribution < 1.29 is 0 Å². The van der Waals surface area contributed by atoms with E-state index in [2.05, 4.69) is 26.0 Å². The Labute approximate surface area is 161 Å². The topological polar surface area (TPSA) is 52.0 Å². The fourth-order valence-corrected chi connectivity index (χ4v) is 3.80. The Kier molecular flexibility index (Phi) is 6.65. The molecule has 0 amide bonds. The maximum absolute atomic E-state index is 6.48. The Bertz CT molecular complexity index is 717. The summed E-state index contributed by atoms with van der Waals surface area (Å²) in [5.74, 6) is 0. The van der Waals surface area contributed by atoms with E-state index in [1.807, 2.05) is 13.8 Å². The average Bonchev–Trinajstić information content (AvgIpc) is 2.59. The zero-order chi connectivity index (χ0) is 18.7. The fourth-order valence-electron chi connectivity index (χ4n) is 3.32. The molecule has 2 nitrogen and oxygen atoms in total. The molecule has 4 N–H and O–H groups in total. The molecule has 0 aliphatic heterocycles. The SMILES string of the molecule is CCCc1cc(Cc2cc(CCC)c(C)c(Cl)c2N)c(N)c(Cl)c1C. The summed E-state index contributed by atoms with van der Waals surface area (Å²) in [4.78, 5) is 0. The summed E-state index contributed by atoms with van der Waals surface area (Å²) < 4.78 is 0. The third-order valence-electron chi connectivity index (χ3n) is 4.90. The third-order valence-corrected chi connectivity index (χ3v) is 5.88. The Balaban J connectivity index is 2.53. The smallest absolute Gasteiger partial charge is 0.0670 e. The highest BCUT2D eigenvalue weighted by Crippen LogP contribution is 2.36. The van der Waals surface area contributed by atoms with Crippen LogP contribution in [0.1, 0.15) is 60.1 Å². The molecule has 0 saturated heterocycles. The van der Waals surface area contributed by atoms with Crippen molar-refractivity contribution in [2.45, 2.75) is 59.8 Å². The number of aryl methyl sites for hydroxylation is 2. The second-order valence-electron chi connectivity index (χ2n) is 6.77. The number of nitrogens with two attached hydrogens (primary N) is 2. The predicted molar refractivity (Wildman–Crippen MR) is 112 cm³/mol. The molecule has 0 aromatic heterocycles. The van der Waals surface area contributed by atoms with Gasteiger partial charge in [-0.05, 0) is 60.1 Å². The molecule has 0 unspecified atom stereocenters. The van der Waals surface area contributed by atoms with Crippen LogP contribution >= 0.6 is 23.2 Å². The highest BCUT2D eigenvalue weighted by molar-refractivity contribution is 6.34. The van der Waals surface area contributed by atoms with E-state index >= 15 is 0 Å². The summed E-state index contributed by atoms with van der Waals surface area (Å²) in [6.45, 7) is 8.39. The first kappa shape index (κ1) is 19.9. The van der Waals surface area contributed by atoms with Crippen LogP contribution in [-0.4, -0.2) is 0 Å². The van der Waals surface area contributed by atoms with Crippen LogP contribution in [0.5, 0.6) is 0 Å². The Hall–Kier alpha value is -1.38. The second kappa shape index (κ2) is 8.33. The first-order chi connectivity index (χ1) is 11.8. The van der Waals surface area contributed by atoms with Crippen LogP contribution in [-0.2, 0) is 19.3 Å². The highest BCUT2D eigenvalue weighted by Gasteiger charge is 2.16. The minimum Gasteiger partial charge on any atom is -0.397 e. The van der Waals surface area contributed by atoms with Crippen molar-refractivity contribution in [1.29, 1.82) is 0 Å². The summed E-state index contributed by atoms with van der Waals surface area (Å²) >= 11 is 13.0. The van der Waals surface area contributed by atoms with Crippen LogP contribution in [0.2, 0.25) is 10.0 Å². The number of nitrogen functional groups attached to an aromatic ring is 2. The molecule has 136 valence electrons. The number of halogens is 2. The van der Waals surface area contributed by atoms with Crippen molar-refractivity contribution in [2.24, 2.45) is 0 Å². The van der Waals surface area contributed by atoms with Crippen molar-refractivity contribution in [3.8, 4) is 0 Å². The van der Waals surface area contributed by atoms with E-state index in [9.17, 15) is 0 Å². The van der Waals surface area contributed by atoms with Gasteiger partial charge in [0.25, 0.3) is 0 Å². The largest absolute Gasteiger partial charge is 0.397 e. The van der Waals surface area contributed by atoms with E-state index in [1.54, 1.807) is 0 Å². The van der Waals surface area contributed by atoms with Crippen LogP contribution < -0.4 is 11.5 Å². The molecule has 0 fully saturated rings. The molecule has 0 saturated carbocycles. The minimum absolute atomic E-state index is 0.644. The third kappa shape index (κ3) is 4.07. The Morgan fingerprint density at radius 2 is 1.08 bits per heavy atom. The van der Waals surface area contributed by atoms with Crippen LogP contribution in [0.15, 0.2) is 12.1 Å². The van der Waals surface area contributed by atoms with E-state index in [0.29, 0.717) is 27.8 Å². The number of anilines is 2. The molecule has 2 rings (SSSR count). The van der Waals surface area contributed by atoms with Crippen LogP contribution in [0.25, 0.3) is 0 Å². The molecule has 0 aliphatic carbocycles. The standard InChI is InChI=1S/C21H28Cl2N2/c1-5-7-14-9-16(20(24)18(22)12(14)3)11-17-10-15(8-6-2)13(4)19(23)21(17)25/h9-10H,5-8,11,24-25H2,1-4H3. The lowest BCUT2D eigenvalue weighted by Gasteiger charge is -2.18. The van der Waals surface area contributed by atoms with Crippen LogP contribution in [0.3, 0.4) is 0 Å². The molecule has 0 atom stereocenters. The minimum atomic E-state index is 0.644. The van der Waals surface area contributed by atoms with E-state index in [0.717, 1.165) is 47.9 Å². The zero-order valence-electron chi connectivity index (χ0n) is 15.6. The normalized spacial score (nSPS) is 11.1. The molecule has 0 bridgehead atoms. The number of rotatable bonds is 6. The molecule has 0 spiro atoms. The second-order valence-corrected chi connectivity index (χ2v) is 7.53. The van der Waals surface area contributed by atoms with E-state index in [1.165, 1.54) is 11.1 Å². The average molecular weight is 379 g/mol. The lowest BCUT2D eigenvalue weighted by atomic mass is 9.92. The molecule has 0 aliphatic rings. The Morgan fingerprint density at radius 3 is 1.40 bits per heavy atom. The predicted octanol–water partition coefficient (Wildman–Crippen LogP) is 6.27. The monoisotopic (exact) mass is 378 g/mol.